The van der Waals surface area contributed by atoms with Crippen molar-refractivity contribution in [3.05, 3.63) is 17.5 Å². The zero-order valence-electron chi connectivity index (χ0n) is 10.5. The Kier molecular flexibility index (Phi) is 4.20. The summed E-state index contributed by atoms with van der Waals surface area (Å²) in [5, 5.41) is 4.88. The second kappa shape index (κ2) is 5.48. The van der Waals surface area contributed by atoms with E-state index in [1.54, 1.807) is 0 Å². The van der Waals surface area contributed by atoms with E-state index >= 15 is 0 Å². The maximum atomic E-state index is 12.3. The van der Waals surface area contributed by atoms with Crippen molar-refractivity contribution >= 4 is 29.3 Å². The quantitative estimate of drug-likeness (QED) is 0.842. The number of thioether (sulfide) groups is 2. The van der Waals surface area contributed by atoms with Gasteiger partial charge in [-0.25, -0.2) is 0 Å². The van der Waals surface area contributed by atoms with Gasteiger partial charge in [-0.1, -0.05) is 6.92 Å². The van der Waals surface area contributed by atoms with Crippen LogP contribution in [0.4, 0.5) is 0 Å². The zero-order chi connectivity index (χ0) is 12.4. The normalized spacial score (nSPS) is 24.9. The van der Waals surface area contributed by atoms with E-state index in [0.717, 1.165) is 17.1 Å². The second-order valence-corrected chi connectivity index (χ2v) is 7.15. The number of nitrogens with zero attached hydrogens (tertiary/aromatic N) is 2. The van der Waals surface area contributed by atoms with Gasteiger partial charge in [-0.3, -0.25) is 9.48 Å². The van der Waals surface area contributed by atoms with Crippen LogP contribution in [-0.4, -0.2) is 37.6 Å². The van der Waals surface area contributed by atoms with Gasteiger partial charge in [0.2, 0.25) is 0 Å². The fourth-order valence-corrected chi connectivity index (χ4v) is 4.83. The lowest BCUT2D eigenvalue weighted by Gasteiger charge is -2.26. The van der Waals surface area contributed by atoms with Gasteiger partial charge >= 0.3 is 0 Å². The minimum absolute atomic E-state index is 0.156. The van der Waals surface area contributed by atoms with E-state index in [2.05, 4.69) is 12.0 Å². The number of hydrogen-bond acceptors (Lipinski definition) is 4. The Morgan fingerprint density at radius 1 is 1.53 bits per heavy atom. The van der Waals surface area contributed by atoms with Crippen LogP contribution in [0.1, 0.15) is 18.3 Å². The van der Waals surface area contributed by atoms with Gasteiger partial charge in [-0.15, -0.1) is 11.8 Å². The first-order valence-corrected chi connectivity index (χ1v) is 7.93. The van der Waals surface area contributed by atoms with Gasteiger partial charge < -0.3 is 0 Å². The maximum absolute atomic E-state index is 12.3. The first-order valence-electron chi connectivity index (χ1n) is 5.83. The Balaban J connectivity index is 2.03. The molecule has 0 radical (unpaired) electrons. The fourth-order valence-electron chi connectivity index (χ4n) is 2.10. The molecule has 1 aromatic rings. The Labute approximate surface area is 111 Å². The summed E-state index contributed by atoms with van der Waals surface area (Å²) in [6.07, 6.45) is 0.514. The summed E-state index contributed by atoms with van der Waals surface area (Å²) in [6, 6.07) is 2.00. The molecule has 0 saturated carbocycles. The maximum Gasteiger partial charge on any atom is 0.152 e. The Morgan fingerprint density at radius 2 is 2.24 bits per heavy atom. The summed E-state index contributed by atoms with van der Waals surface area (Å²) in [7, 11) is 1.90. The van der Waals surface area contributed by atoms with Crippen molar-refractivity contribution in [1.82, 2.24) is 9.78 Å². The third-order valence-corrected chi connectivity index (χ3v) is 6.10. The predicted molar refractivity (Wildman–Crippen MR) is 74.8 cm³/mol. The van der Waals surface area contributed by atoms with Gasteiger partial charge in [-0.05, 0) is 13.0 Å². The number of ketones is 1. The van der Waals surface area contributed by atoms with Crippen LogP contribution in [0.2, 0.25) is 0 Å². The van der Waals surface area contributed by atoms with Crippen LogP contribution in [0.5, 0.6) is 0 Å². The molecule has 0 bridgehead atoms. The van der Waals surface area contributed by atoms with Crippen molar-refractivity contribution in [2.24, 2.45) is 7.05 Å². The van der Waals surface area contributed by atoms with E-state index in [9.17, 15) is 4.79 Å². The van der Waals surface area contributed by atoms with Crippen LogP contribution in [0.15, 0.2) is 6.07 Å². The monoisotopic (exact) mass is 270 g/mol. The highest BCUT2D eigenvalue weighted by atomic mass is 32.2. The average Bonchev–Trinajstić information content (AvgIpc) is 2.58. The smallest absolute Gasteiger partial charge is 0.152 e. The summed E-state index contributed by atoms with van der Waals surface area (Å²) in [5.41, 5.74) is 2.00. The third-order valence-electron chi connectivity index (χ3n) is 2.96. The van der Waals surface area contributed by atoms with E-state index in [1.807, 2.05) is 48.2 Å². The molecule has 5 heteroatoms. The van der Waals surface area contributed by atoms with Crippen molar-refractivity contribution in [2.45, 2.75) is 30.8 Å². The summed E-state index contributed by atoms with van der Waals surface area (Å²) >= 11 is 3.72. The molecule has 0 aromatic carbocycles. The highest BCUT2D eigenvalue weighted by molar-refractivity contribution is 8.07. The molecular weight excluding hydrogens is 252 g/mol. The highest BCUT2D eigenvalue weighted by Crippen LogP contribution is 2.32. The summed E-state index contributed by atoms with van der Waals surface area (Å²) in [5.74, 6) is 2.61. The van der Waals surface area contributed by atoms with E-state index in [1.165, 1.54) is 5.75 Å². The number of hydrogen-bond donors (Lipinski definition) is 0. The minimum Gasteiger partial charge on any atom is -0.298 e. The summed E-state index contributed by atoms with van der Waals surface area (Å²) in [4.78, 5) is 12.3. The zero-order valence-corrected chi connectivity index (χ0v) is 12.1. The molecule has 3 nitrogen and oxygen atoms in total. The average molecular weight is 270 g/mol. The molecule has 0 spiro atoms. The highest BCUT2D eigenvalue weighted by Gasteiger charge is 2.29. The molecular formula is C12H18N2OS2. The van der Waals surface area contributed by atoms with Gasteiger partial charge in [0.1, 0.15) is 0 Å². The van der Waals surface area contributed by atoms with Crippen molar-refractivity contribution in [2.75, 3.05) is 11.5 Å². The number of carbonyl (C=O) groups excluding carboxylic acids is 1. The van der Waals surface area contributed by atoms with E-state index in [-0.39, 0.29) is 5.25 Å². The molecule has 2 heterocycles. The van der Waals surface area contributed by atoms with Crippen LogP contribution in [0, 0.1) is 6.92 Å². The van der Waals surface area contributed by atoms with Gasteiger partial charge in [0.05, 0.1) is 10.9 Å². The molecule has 1 fully saturated rings. The fraction of sp³-hybridized carbons (Fsp3) is 0.667. The number of Topliss-reactive ketones (excluding diaryl/α,β-unsaturated/α-hetero) is 1. The first kappa shape index (κ1) is 13.0. The molecule has 17 heavy (non-hydrogen) atoms. The van der Waals surface area contributed by atoms with E-state index < -0.39 is 0 Å². The molecule has 0 amide bonds. The van der Waals surface area contributed by atoms with Crippen LogP contribution < -0.4 is 0 Å². The molecule has 94 valence electrons. The lowest BCUT2D eigenvalue weighted by molar-refractivity contribution is -0.118. The first-order chi connectivity index (χ1) is 8.08. The molecule has 2 atom stereocenters. The predicted octanol–water partition coefficient (Wildman–Crippen LogP) is 2.08. The molecule has 0 N–H and O–H groups in total. The topological polar surface area (TPSA) is 34.9 Å². The number of rotatable bonds is 3. The third kappa shape index (κ3) is 3.07. The van der Waals surface area contributed by atoms with Crippen LogP contribution >= 0.6 is 23.5 Å². The van der Waals surface area contributed by atoms with Gasteiger partial charge in [0, 0.05) is 35.9 Å². The Morgan fingerprint density at radius 3 is 2.82 bits per heavy atom. The molecule has 1 aliphatic heterocycles. The standard InChI is InChI=1S/C12H18N2OS2/c1-8-6-10(14(3)13-8)7-11(15)12-9(2)16-4-5-17-12/h6,9,12H,4-5,7H2,1-3H3. The van der Waals surface area contributed by atoms with Crippen LogP contribution in [-0.2, 0) is 18.3 Å². The van der Waals surface area contributed by atoms with Gasteiger partial charge in [-0.2, -0.15) is 16.9 Å². The number of aryl methyl sites for hydroxylation is 2. The number of carbonyl (C=O) groups is 1. The van der Waals surface area contributed by atoms with Crippen molar-refractivity contribution in [3.8, 4) is 0 Å². The van der Waals surface area contributed by atoms with Crippen molar-refractivity contribution in [3.63, 3.8) is 0 Å². The lowest BCUT2D eigenvalue weighted by Crippen LogP contribution is -2.32. The lowest BCUT2D eigenvalue weighted by atomic mass is 10.1. The van der Waals surface area contributed by atoms with Crippen molar-refractivity contribution in [1.29, 1.82) is 0 Å². The van der Waals surface area contributed by atoms with Crippen LogP contribution in [0.25, 0.3) is 0 Å². The minimum atomic E-state index is 0.156. The molecule has 1 aromatic heterocycles. The Hall–Kier alpha value is -0.420. The van der Waals surface area contributed by atoms with Gasteiger partial charge in [0.15, 0.2) is 5.78 Å². The molecule has 1 saturated heterocycles. The largest absolute Gasteiger partial charge is 0.298 e. The molecule has 2 rings (SSSR count). The summed E-state index contributed by atoms with van der Waals surface area (Å²) < 4.78 is 1.82. The molecule has 0 aliphatic carbocycles. The summed E-state index contributed by atoms with van der Waals surface area (Å²) in [6.45, 7) is 4.12. The molecule has 2 unspecified atom stereocenters. The van der Waals surface area contributed by atoms with E-state index in [0.29, 0.717) is 17.5 Å². The Bertz CT molecular complexity index is 417. The van der Waals surface area contributed by atoms with Gasteiger partial charge in [0.25, 0.3) is 0 Å². The second-order valence-electron chi connectivity index (χ2n) is 4.41. The molecule has 1 aliphatic rings. The van der Waals surface area contributed by atoms with E-state index in [4.69, 9.17) is 0 Å². The number of aromatic nitrogens is 2. The SMILES string of the molecule is Cc1cc(CC(=O)C2SCCSC2C)n(C)n1. The van der Waals surface area contributed by atoms with Crippen LogP contribution in [0.3, 0.4) is 0 Å². The van der Waals surface area contributed by atoms with Crippen molar-refractivity contribution < 1.29 is 4.79 Å².